The molecule has 3 heterocycles. The number of rotatable bonds is 45. The van der Waals surface area contributed by atoms with Crippen LogP contribution in [0.3, 0.4) is 0 Å². The van der Waals surface area contributed by atoms with Gasteiger partial charge in [0.1, 0.15) is 95.8 Å². The van der Waals surface area contributed by atoms with Crippen LogP contribution in [0, 0.1) is 5.92 Å². The number of phenolic OH excluding ortho intramolecular Hbond substituents is 3. The Bertz CT molecular complexity index is 4180. The summed E-state index contributed by atoms with van der Waals surface area (Å²) in [6.07, 6.45) is -3.64. The predicted octanol–water partition coefficient (Wildman–Crippen LogP) is -5.24. The number of thioether (sulfide) groups is 1. The fraction of sp³-hybridized carbons (Fsp3) is 0.532. The number of carboxylic acid groups (broad SMARTS) is 2. The van der Waals surface area contributed by atoms with Crippen LogP contribution in [0.15, 0.2) is 72.8 Å². The molecule has 24 N–H and O–H groups in total. The summed E-state index contributed by atoms with van der Waals surface area (Å²) in [6.45, 7) is 5.66. The van der Waals surface area contributed by atoms with Crippen molar-refractivity contribution in [2.24, 2.45) is 28.9 Å². The molecule has 119 heavy (non-hydrogen) atoms. The molecule has 41 nitrogen and oxygen atoms in total. The number of aliphatic hydroxyl groups is 1. The summed E-state index contributed by atoms with van der Waals surface area (Å²) in [5.41, 5.74) is 23.3. The van der Waals surface area contributed by atoms with E-state index in [4.69, 9.17) is 22.9 Å². The Labute approximate surface area is 688 Å². The standard InChI is InChI=1S/C77H107N17O24S/c1-38(2)31-50(85-71(111)52(33-42-14-20-45(97)21-15-42)86-66(106)48(24-25-59(79)99)83-67(107)49(26-30-119-5)84-70(110)53(34-43-16-22-46(98)23-17-43)88-73(113)63(40(4)95)91-65(105)47(78)35-60(80)100)69(109)89-54(36-61(81)101)74(114)93-28-7-10-57(93)76(116)94-29-8-11-58(94)75(115)92-27-6-9-56(92)72(112)87-51(32-41-12-18-44(96)19-13-41)68(108)82-39(3)64(104)90-55(77(117)118)37-62(102)103/h12-23,38-40,47-58,63,95-98H,6-11,24-37,78H2,1-5H3,(H2,79,99)(H2,80,100)(H2,81,101)(H,82,108)(H,83,107)(H,84,110)(H,85,111)(H,86,106)(H,87,112)(H,88,113)(H,89,109)(H,90,104)(H,91,105)(H,102,103)(H,117,118)/t39-,40+,47-,48-,49-,50-,51-,52-,53-,54-,55-,56-,57-,58-,63-/m0/s1. The molecule has 0 bridgehead atoms. The monoisotopic (exact) mass is 1690 g/mol. The summed E-state index contributed by atoms with van der Waals surface area (Å²) in [5, 5.41) is 84.2. The quantitative estimate of drug-likeness (QED) is 0.0251. The van der Waals surface area contributed by atoms with E-state index in [1.807, 2.05) is 0 Å². The molecule has 0 aliphatic carbocycles. The Hall–Kier alpha value is -12.2. The first-order valence-corrected chi connectivity index (χ1v) is 40.1. The minimum absolute atomic E-state index is 0.0191. The molecule has 3 aromatic rings. The number of carbonyl (C=O) groups is 18. The van der Waals surface area contributed by atoms with Crippen LogP contribution < -0.4 is 76.1 Å². The van der Waals surface area contributed by atoms with E-state index < -0.39 is 235 Å². The third-order valence-corrected chi connectivity index (χ3v) is 20.6. The van der Waals surface area contributed by atoms with Crippen LogP contribution >= 0.6 is 11.8 Å². The van der Waals surface area contributed by atoms with Gasteiger partial charge in [-0.15, -0.1) is 0 Å². The van der Waals surface area contributed by atoms with Gasteiger partial charge >= 0.3 is 11.9 Å². The summed E-state index contributed by atoms with van der Waals surface area (Å²) < 4.78 is 0. The molecule has 0 saturated carbocycles. The number of aromatic hydroxyl groups is 3. The molecule has 3 aromatic carbocycles. The van der Waals surface area contributed by atoms with Crippen LogP contribution in [0.5, 0.6) is 17.2 Å². The number of nitrogens with two attached hydrogens (primary N) is 4. The van der Waals surface area contributed by atoms with Crippen molar-refractivity contribution in [3.63, 3.8) is 0 Å². The van der Waals surface area contributed by atoms with Crippen LogP contribution in [0.4, 0.5) is 0 Å². The first-order chi connectivity index (χ1) is 56.1. The van der Waals surface area contributed by atoms with Gasteiger partial charge in [0.2, 0.25) is 94.5 Å². The molecule has 3 aliphatic rings. The number of nitrogens with zero attached hydrogens (tertiary/aromatic N) is 3. The topological polar surface area (TPSA) is 663 Å². The fourth-order valence-corrected chi connectivity index (χ4v) is 14.2. The molecule has 3 aliphatic heterocycles. The molecular formula is C77H107N17O24S. The third kappa shape index (κ3) is 29.4. The molecular weight excluding hydrogens is 1580 g/mol. The second kappa shape index (κ2) is 45.5. The highest BCUT2D eigenvalue weighted by Gasteiger charge is 2.48. The Balaban J connectivity index is 1.20. The highest BCUT2D eigenvalue weighted by atomic mass is 32.2. The maximum absolute atomic E-state index is 14.9. The summed E-state index contributed by atoms with van der Waals surface area (Å²) >= 11 is 1.24. The molecule has 3 fully saturated rings. The van der Waals surface area contributed by atoms with Gasteiger partial charge in [-0.05, 0) is 143 Å². The van der Waals surface area contributed by atoms with Gasteiger partial charge in [-0.25, -0.2) is 4.79 Å². The van der Waals surface area contributed by atoms with Gasteiger partial charge in [-0.2, -0.15) is 11.8 Å². The lowest BCUT2D eigenvalue weighted by molar-refractivity contribution is -0.151. The molecule has 0 spiro atoms. The Morgan fingerprint density at radius 3 is 1.26 bits per heavy atom. The van der Waals surface area contributed by atoms with Gasteiger partial charge in [0.25, 0.3) is 0 Å². The molecule has 42 heteroatoms. The fourth-order valence-electron chi connectivity index (χ4n) is 13.8. The number of likely N-dealkylation sites (tertiary alicyclic amines) is 3. The number of hydrogen-bond donors (Lipinski definition) is 20. The summed E-state index contributed by atoms with van der Waals surface area (Å²) in [6, 6.07) is -5.36. The van der Waals surface area contributed by atoms with Gasteiger partial charge in [-0.1, -0.05) is 50.2 Å². The zero-order chi connectivity index (χ0) is 88.2. The van der Waals surface area contributed by atoms with E-state index in [0.29, 0.717) is 29.5 Å². The van der Waals surface area contributed by atoms with Gasteiger partial charge in [0, 0.05) is 45.3 Å². The molecule has 16 amide bonds. The van der Waals surface area contributed by atoms with Crippen LogP contribution in [-0.4, -0.2) is 274 Å². The number of hydrogen-bond acceptors (Lipinski definition) is 24. The van der Waals surface area contributed by atoms with Gasteiger partial charge in [0.15, 0.2) is 0 Å². The first-order valence-electron chi connectivity index (χ1n) is 38.7. The molecule has 0 unspecified atom stereocenters. The molecule has 6 rings (SSSR count). The van der Waals surface area contributed by atoms with Gasteiger partial charge in [0.05, 0.1) is 31.4 Å². The van der Waals surface area contributed by atoms with E-state index >= 15 is 0 Å². The lowest BCUT2D eigenvalue weighted by atomic mass is 10.00. The van der Waals surface area contributed by atoms with Crippen LogP contribution in [0.1, 0.15) is 128 Å². The van der Waals surface area contributed by atoms with Gasteiger partial charge < -0.3 is 121 Å². The van der Waals surface area contributed by atoms with E-state index in [-0.39, 0.29) is 100 Å². The minimum atomic E-state index is -1.85. The number of aliphatic carboxylic acids is 2. The number of carboxylic acids is 2. The predicted molar refractivity (Wildman–Crippen MR) is 423 cm³/mol. The van der Waals surface area contributed by atoms with Crippen LogP contribution in [0.25, 0.3) is 0 Å². The average Bonchev–Trinajstić information content (AvgIpc) is 1.65. The summed E-state index contributed by atoms with van der Waals surface area (Å²) in [7, 11) is 0. The van der Waals surface area contributed by atoms with Crippen molar-refractivity contribution in [3.05, 3.63) is 89.5 Å². The van der Waals surface area contributed by atoms with Crippen molar-refractivity contribution >= 4 is 118 Å². The maximum Gasteiger partial charge on any atom is 0.326 e. The van der Waals surface area contributed by atoms with Crippen molar-refractivity contribution < 1.29 is 117 Å². The number of carbonyl (C=O) groups excluding carboxylic acids is 16. The number of primary amides is 3. The van der Waals surface area contributed by atoms with Gasteiger partial charge in [-0.3, -0.25) is 81.5 Å². The van der Waals surface area contributed by atoms with E-state index in [0.717, 1.165) is 11.8 Å². The highest BCUT2D eigenvalue weighted by Crippen LogP contribution is 2.30. The lowest BCUT2D eigenvalue weighted by Crippen LogP contribution is -2.62. The van der Waals surface area contributed by atoms with Crippen LogP contribution in [-0.2, 0) is 106 Å². The average molecular weight is 1690 g/mol. The Morgan fingerprint density at radius 1 is 0.429 bits per heavy atom. The molecule has 0 aromatic heterocycles. The Kier molecular flexibility index (Phi) is 36.6. The smallest absolute Gasteiger partial charge is 0.326 e. The third-order valence-electron chi connectivity index (χ3n) is 20.0. The van der Waals surface area contributed by atoms with Crippen molar-refractivity contribution in [3.8, 4) is 17.2 Å². The van der Waals surface area contributed by atoms with Crippen molar-refractivity contribution in [1.82, 2.24) is 67.9 Å². The lowest BCUT2D eigenvalue weighted by Gasteiger charge is -2.35. The van der Waals surface area contributed by atoms with Crippen molar-refractivity contribution in [2.45, 2.75) is 221 Å². The molecule has 650 valence electrons. The SMILES string of the molecule is CSCC[C@H](NC(=O)[C@H](Cc1ccc(O)cc1)NC(=O)[C@@H](NC(=O)[C@@H](N)CC(N)=O)[C@@H](C)O)C(=O)N[C@@H](CCC(N)=O)C(=O)N[C@@H](Cc1ccc(O)cc1)C(=O)N[C@@H](CC(C)C)C(=O)N[C@@H](CC(N)=O)C(=O)N1CCC[C@H]1C(=O)N1CCC[C@H]1C(=O)N1CCC[C@H]1C(=O)N[C@@H](Cc1ccc(O)cc1)C(=O)N[C@@H](C)C(=O)N[C@@H](CC(=O)O)C(=O)O. The van der Waals surface area contributed by atoms with Crippen molar-refractivity contribution in [1.29, 1.82) is 0 Å². The second-order valence-corrected chi connectivity index (χ2v) is 30.9. The number of phenols is 3. The van der Waals surface area contributed by atoms with Crippen LogP contribution in [0.2, 0.25) is 0 Å². The van der Waals surface area contributed by atoms with E-state index in [1.165, 1.54) is 101 Å². The summed E-state index contributed by atoms with van der Waals surface area (Å²) in [4.78, 5) is 250. The maximum atomic E-state index is 14.9. The number of nitrogens with one attached hydrogen (secondary N) is 10. The molecule has 15 atom stereocenters. The second-order valence-electron chi connectivity index (χ2n) is 29.9. The molecule has 0 radical (unpaired) electrons. The number of benzene rings is 3. The largest absolute Gasteiger partial charge is 0.508 e. The number of amides is 16. The molecule has 3 saturated heterocycles. The summed E-state index contributed by atoms with van der Waals surface area (Å²) in [5.74, 6) is -19.4. The first kappa shape index (κ1) is 95.6. The Morgan fingerprint density at radius 2 is 0.815 bits per heavy atom. The van der Waals surface area contributed by atoms with E-state index in [1.54, 1.807) is 20.1 Å². The van der Waals surface area contributed by atoms with E-state index in [2.05, 4.69) is 53.2 Å². The van der Waals surface area contributed by atoms with E-state index in [9.17, 15) is 117 Å². The minimum Gasteiger partial charge on any atom is -0.508 e. The zero-order valence-corrected chi connectivity index (χ0v) is 67.2. The van der Waals surface area contributed by atoms with Crippen molar-refractivity contribution in [2.75, 3.05) is 31.6 Å². The number of aliphatic hydroxyl groups excluding tert-OH is 1. The normalized spacial score (nSPS) is 18.1. The highest BCUT2D eigenvalue weighted by molar-refractivity contribution is 7.98. The zero-order valence-electron chi connectivity index (χ0n) is 66.4.